The molecule has 4 heterocycles. The number of carbonyl (C=O) groups excluding carboxylic acids is 15. The van der Waals surface area contributed by atoms with Crippen molar-refractivity contribution in [3.63, 3.8) is 0 Å². The van der Waals surface area contributed by atoms with Crippen LogP contribution in [0.3, 0.4) is 0 Å². The standard InChI is InChI=1S/C100H127F3N16O16S/c1-7-8-27-82-100(135)118-41-19-28-80(118)87(123)51-66(54-106)86(122)52-71(59(2)3)96(131)116(5)83(48-60-20-11-9-12-21-60)95(130)113-78(46-62-29-31-64(53-105)32-30-62)98(133)119-42-39-81(119)94(129)109-56-68(50-67-55-108-74-25-16-15-24-70(67)74)91(126)112-76(45-63-33-35-69(120)36-34-63)93(128)111-75(26-17-18-40-104)92(127)114-79(85(121)37-38-88(107)124)57-136-58-89(125)110-77(47-65-43-72(101)90(103)73(102)44-65)97(132)117(6)84(99(134)115(82)4)49-61-22-13-10-14-23-61/h9-16,20-25,29-36,43-44,55,59,66,68,71,75-84,108,120H,7-8,17-19,26-28,37-42,45-54,56-58,104-106H2,1-6H3,(H2,107,124)(H,109,129)(H,110,125)(H,111,128)(H,112,126)(H,113,130)(H,114,127)/t66-,68+,71-,75-,76-,77-,78-,79-,80+,81+,82-,83-,84-/m0/s1. The zero-order valence-corrected chi connectivity index (χ0v) is 78.6. The topological polar surface area (TPSA) is 485 Å². The minimum absolute atomic E-state index is 0.0391. The highest BCUT2D eigenvalue weighted by Crippen LogP contribution is 2.32. The molecule has 1 aromatic heterocycles. The van der Waals surface area contributed by atoms with Gasteiger partial charge in [0.2, 0.25) is 70.9 Å². The largest absolute Gasteiger partial charge is 0.508 e. The monoisotopic (exact) mass is 1900 g/mol. The Morgan fingerprint density at radius 2 is 1.07 bits per heavy atom. The summed E-state index contributed by atoms with van der Waals surface area (Å²) in [6, 6.07) is 24.2. The number of halogens is 3. The molecule has 12 amide bonds. The van der Waals surface area contributed by atoms with E-state index in [4.69, 9.17) is 22.9 Å². The third-order valence-corrected chi connectivity index (χ3v) is 26.9. The van der Waals surface area contributed by atoms with Crippen LogP contribution >= 0.6 is 11.8 Å². The van der Waals surface area contributed by atoms with Gasteiger partial charge in [-0.2, -0.15) is 0 Å². The Hall–Kier alpha value is -12.7. The van der Waals surface area contributed by atoms with Crippen LogP contribution in [0.4, 0.5) is 13.2 Å². The average molecular weight is 1900 g/mol. The number of phenolic OH excluding ortho intramolecular Hbond substituents is 1. The van der Waals surface area contributed by atoms with Crippen molar-refractivity contribution in [3.8, 4) is 5.75 Å². The van der Waals surface area contributed by atoms with Gasteiger partial charge in [0.05, 0.1) is 23.8 Å². The number of primary amides is 1. The molecular formula is C100H127F3N16O16S. The summed E-state index contributed by atoms with van der Waals surface area (Å²) in [5.41, 5.74) is 27.9. The highest BCUT2D eigenvalue weighted by molar-refractivity contribution is 8.00. The fourth-order valence-corrected chi connectivity index (χ4v) is 18.5. The summed E-state index contributed by atoms with van der Waals surface area (Å²) in [5.74, 6) is -21.9. The van der Waals surface area contributed by atoms with Gasteiger partial charge in [0.25, 0.3) is 0 Å². The van der Waals surface area contributed by atoms with E-state index in [2.05, 4.69) is 36.9 Å². The van der Waals surface area contributed by atoms with Gasteiger partial charge >= 0.3 is 0 Å². The van der Waals surface area contributed by atoms with Crippen LogP contribution in [-0.4, -0.2) is 249 Å². The van der Waals surface area contributed by atoms with Crippen molar-refractivity contribution in [2.45, 2.75) is 210 Å². The zero-order chi connectivity index (χ0) is 98.6. The maximum Gasteiger partial charge on any atom is 0.246 e. The molecule has 3 aliphatic heterocycles. The summed E-state index contributed by atoms with van der Waals surface area (Å²) >= 11 is 0.743. The van der Waals surface area contributed by atoms with E-state index < -0.39 is 240 Å². The molecule has 3 fully saturated rings. The molecule has 32 nitrogen and oxygen atoms in total. The number of aromatic amines is 1. The number of carbonyl (C=O) groups is 15. The fraction of sp³-hybridized carbons (Fsp3) is 0.470. The molecule has 7 aromatic rings. The molecule has 0 aliphatic carbocycles. The number of fused-ring (bicyclic) bond motifs is 3. The highest BCUT2D eigenvalue weighted by Gasteiger charge is 2.47. The number of nitrogens with zero attached hydrogens (tertiary/aromatic N) is 5. The second-order valence-corrected chi connectivity index (χ2v) is 36.9. The number of nitrogens with two attached hydrogens (primary N) is 4. The summed E-state index contributed by atoms with van der Waals surface area (Å²) in [4.78, 5) is 235. The van der Waals surface area contributed by atoms with E-state index in [1.54, 1.807) is 111 Å². The van der Waals surface area contributed by atoms with E-state index in [9.17, 15) is 28.7 Å². The second-order valence-electron chi connectivity index (χ2n) is 35.8. The molecule has 136 heavy (non-hydrogen) atoms. The minimum Gasteiger partial charge on any atom is -0.508 e. The molecule has 3 aliphatic rings. The molecule has 13 atom stereocenters. The molecule has 0 unspecified atom stereocenters. The molecule has 0 radical (unpaired) electrons. The number of aromatic nitrogens is 1. The third kappa shape index (κ3) is 28.7. The first-order valence-corrected chi connectivity index (χ1v) is 47.6. The Morgan fingerprint density at radius 1 is 0.507 bits per heavy atom. The molecule has 0 saturated carbocycles. The van der Waals surface area contributed by atoms with Crippen LogP contribution in [0, 0.1) is 41.1 Å². The second kappa shape index (κ2) is 50.8. The Kier molecular flexibility index (Phi) is 39.3. The van der Waals surface area contributed by atoms with Gasteiger partial charge in [-0.1, -0.05) is 149 Å². The number of para-hydroxylation sites is 1. The number of hydrogen-bond donors (Lipinski definition) is 12. The van der Waals surface area contributed by atoms with Crippen molar-refractivity contribution in [2.75, 3.05) is 65.4 Å². The van der Waals surface area contributed by atoms with E-state index >= 15 is 61.5 Å². The predicted molar refractivity (Wildman–Crippen MR) is 506 cm³/mol. The van der Waals surface area contributed by atoms with Gasteiger partial charge in [0.15, 0.2) is 29.0 Å². The Labute approximate surface area is 794 Å². The first-order valence-electron chi connectivity index (χ1n) is 46.5. The Morgan fingerprint density at radius 3 is 1.69 bits per heavy atom. The van der Waals surface area contributed by atoms with Crippen LogP contribution in [0.1, 0.15) is 143 Å². The first-order chi connectivity index (χ1) is 65.1. The number of hydrogen-bond acceptors (Lipinski definition) is 20. The van der Waals surface area contributed by atoms with Gasteiger partial charge in [-0.15, -0.1) is 11.8 Å². The molecule has 730 valence electrons. The summed E-state index contributed by atoms with van der Waals surface area (Å²) in [6.07, 6.45) is 0.222. The number of phenols is 1. The summed E-state index contributed by atoms with van der Waals surface area (Å²) in [7, 11) is 4.04. The Bertz CT molecular complexity index is 5350. The highest BCUT2D eigenvalue weighted by atomic mass is 32.2. The number of Topliss-reactive ketones (excluding diaryl/α,β-unsaturated/α-hetero) is 3. The smallest absolute Gasteiger partial charge is 0.246 e. The van der Waals surface area contributed by atoms with Gasteiger partial charge in [-0.25, -0.2) is 13.2 Å². The molecule has 0 spiro atoms. The van der Waals surface area contributed by atoms with Crippen molar-refractivity contribution in [3.05, 3.63) is 208 Å². The third-order valence-electron chi connectivity index (χ3n) is 25.8. The number of unbranched alkanes of at least 4 members (excludes halogenated alkanes) is 2. The maximum atomic E-state index is 15.7. The first kappa shape index (κ1) is 105. The number of nitrogens with one attached hydrogen (secondary N) is 7. The summed E-state index contributed by atoms with van der Waals surface area (Å²) < 4.78 is 45.2. The van der Waals surface area contributed by atoms with Crippen molar-refractivity contribution >= 4 is 111 Å². The van der Waals surface area contributed by atoms with Crippen LogP contribution < -0.4 is 54.8 Å². The van der Waals surface area contributed by atoms with Gasteiger partial charge in [-0.3, -0.25) is 71.9 Å². The molecule has 0 bridgehead atoms. The van der Waals surface area contributed by atoms with Crippen LogP contribution in [0.5, 0.6) is 5.75 Å². The molecular weight excluding hydrogens is 1770 g/mol. The predicted octanol–water partition coefficient (Wildman–Crippen LogP) is 5.40. The van der Waals surface area contributed by atoms with Crippen LogP contribution in [0.2, 0.25) is 0 Å². The average Bonchev–Trinajstić information content (AvgIpc) is 1.43. The van der Waals surface area contributed by atoms with Crippen molar-refractivity contribution < 1.29 is 90.2 Å². The van der Waals surface area contributed by atoms with Crippen molar-refractivity contribution in [1.82, 2.24) is 61.4 Å². The lowest BCUT2D eigenvalue weighted by molar-refractivity contribution is -0.152. The number of rotatable bonds is 26. The number of likely N-dealkylation sites (N-methyl/N-ethyl adjacent to an activating group) is 3. The minimum atomic E-state index is -1.83. The maximum absolute atomic E-state index is 15.7. The molecule has 36 heteroatoms. The van der Waals surface area contributed by atoms with E-state index in [0.29, 0.717) is 71.1 Å². The van der Waals surface area contributed by atoms with Crippen LogP contribution in [0.15, 0.2) is 152 Å². The Balaban J connectivity index is 1.04. The number of benzene rings is 6. The zero-order valence-electron chi connectivity index (χ0n) is 77.8. The number of thioether (sulfide) groups is 1. The van der Waals surface area contributed by atoms with E-state index in [1.807, 2.05) is 25.1 Å². The van der Waals surface area contributed by atoms with Gasteiger partial charge in [0.1, 0.15) is 59.9 Å². The van der Waals surface area contributed by atoms with E-state index in [-0.39, 0.29) is 108 Å². The van der Waals surface area contributed by atoms with Crippen LogP contribution in [-0.2, 0) is 117 Å². The van der Waals surface area contributed by atoms with E-state index in [1.165, 1.54) is 65.0 Å². The molecule has 6 aromatic carbocycles. The summed E-state index contributed by atoms with van der Waals surface area (Å²) in [6.45, 7) is 4.98. The van der Waals surface area contributed by atoms with Crippen molar-refractivity contribution in [1.29, 1.82) is 0 Å². The van der Waals surface area contributed by atoms with Gasteiger partial charge in [0, 0.05) is 146 Å². The fourth-order valence-electron chi connectivity index (χ4n) is 17.6. The lowest BCUT2D eigenvalue weighted by Crippen LogP contribution is -2.64. The lowest BCUT2D eigenvalue weighted by atomic mass is 9.83. The number of amides is 12. The lowest BCUT2D eigenvalue weighted by Gasteiger charge is -2.42. The number of aromatic hydroxyl groups is 1. The quantitative estimate of drug-likeness (QED) is 0.0238. The number of H-pyrrole nitrogens is 1. The number of ketones is 3. The molecule has 3 saturated heterocycles. The van der Waals surface area contributed by atoms with Gasteiger partial charge < -0.3 is 89.4 Å². The molecule has 16 N–H and O–H groups in total. The SMILES string of the molecule is CCCC[C@H]1C(=O)N2CCC[C@@H]2C(=O)C[C@@H](CN)C(=O)C[C@@H](C(C)C)C(=O)N(C)[C@@H](Cc2ccccc2)C(=O)N[C@@H](Cc2ccc(CN)cc2)C(=O)N2CC[C@@H]2C(=O)NC[C@@H](Cc2c[nH]c3ccccc23)C(=O)N[C@@H](Cc2ccc(O)cc2)C(=O)N[C@@H](CCCCN)C(=O)N[C@H](C(=O)CCC(N)=O)CSCC(=O)N[C@@H](Cc2cc(F)c(F)c(F)c2)C(=O)N(C)[C@@H](Cc2ccccc2)C(=O)N1C. The van der Waals surface area contributed by atoms with Crippen LogP contribution in [0.25, 0.3) is 10.9 Å². The molecule has 10 rings (SSSR count). The normalized spacial score (nSPS) is 23.5. The van der Waals surface area contributed by atoms with Crippen molar-refractivity contribution in [2.24, 2.45) is 46.6 Å². The van der Waals surface area contributed by atoms with Gasteiger partial charge in [-0.05, 0) is 133 Å². The summed E-state index contributed by atoms with van der Waals surface area (Å²) in [5, 5.41) is 28.0. The van der Waals surface area contributed by atoms with E-state index in [0.717, 1.165) is 27.6 Å².